The molecule has 2 amide bonds. The number of carbonyl (C=O) groups excluding carboxylic acids is 1. The van der Waals surface area contributed by atoms with Gasteiger partial charge in [-0.25, -0.2) is 18.2 Å². The number of likely N-dealkylation sites (tertiary alicyclic amines) is 1. The van der Waals surface area contributed by atoms with Crippen LogP contribution in [0.25, 0.3) is 5.69 Å². The van der Waals surface area contributed by atoms with E-state index in [1.54, 1.807) is 41.6 Å². The molecule has 1 saturated heterocycles. The Morgan fingerprint density at radius 1 is 1.06 bits per heavy atom. The summed E-state index contributed by atoms with van der Waals surface area (Å²) in [6.07, 6.45) is 5.53. The van der Waals surface area contributed by atoms with Crippen molar-refractivity contribution in [2.75, 3.05) is 30.2 Å². The number of benzene rings is 2. The third-order valence-electron chi connectivity index (χ3n) is 5.23. The Bertz CT molecular complexity index is 1220. The van der Waals surface area contributed by atoms with Gasteiger partial charge in [0.1, 0.15) is 5.75 Å². The molecule has 4 rings (SSSR count). The fourth-order valence-corrected chi connectivity index (χ4v) is 4.61. The van der Waals surface area contributed by atoms with Gasteiger partial charge in [0.15, 0.2) is 0 Å². The number of ether oxygens (including phenoxy) is 1. The number of hydrogen-bond acceptors (Lipinski definition) is 5. The number of aryl methyl sites for hydroxylation is 1. The van der Waals surface area contributed by atoms with Crippen molar-refractivity contribution in [3.8, 4) is 11.4 Å². The first-order valence-electron chi connectivity index (χ1n) is 10.2. The first kappa shape index (κ1) is 21.7. The number of methoxy groups -OCH3 is 1. The van der Waals surface area contributed by atoms with E-state index in [1.807, 2.05) is 17.7 Å². The van der Waals surface area contributed by atoms with Gasteiger partial charge in [-0.2, -0.15) is 0 Å². The highest BCUT2D eigenvalue weighted by atomic mass is 32.2. The summed E-state index contributed by atoms with van der Waals surface area (Å²) in [5.74, 6) is 0.502. The van der Waals surface area contributed by atoms with Crippen molar-refractivity contribution < 1.29 is 17.9 Å². The average molecular weight is 456 g/mol. The third-order valence-corrected chi connectivity index (χ3v) is 6.63. The van der Waals surface area contributed by atoms with Crippen LogP contribution in [0.5, 0.6) is 5.75 Å². The number of aromatic nitrogens is 2. The quantitative estimate of drug-likeness (QED) is 0.591. The first-order chi connectivity index (χ1) is 15.4. The van der Waals surface area contributed by atoms with E-state index in [4.69, 9.17) is 4.74 Å². The number of nitrogens with zero attached hydrogens (tertiary/aromatic N) is 3. The van der Waals surface area contributed by atoms with Crippen molar-refractivity contribution in [2.45, 2.75) is 24.7 Å². The van der Waals surface area contributed by atoms with Crippen molar-refractivity contribution in [1.82, 2.24) is 14.5 Å². The molecule has 0 radical (unpaired) electrons. The Balaban J connectivity index is 1.48. The Hall–Kier alpha value is -3.53. The minimum absolute atomic E-state index is 0.0879. The highest BCUT2D eigenvalue weighted by Gasteiger charge is 2.19. The first-order valence-corrected chi connectivity index (χ1v) is 11.7. The lowest BCUT2D eigenvalue weighted by Gasteiger charge is -2.16. The van der Waals surface area contributed by atoms with Crippen molar-refractivity contribution in [2.24, 2.45) is 0 Å². The van der Waals surface area contributed by atoms with Gasteiger partial charge < -0.3 is 19.5 Å². The maximum Gasteiger partial charge on any atom is 0.321 e. The molecule has 10 heteroatoms. The maximum atomic E-state index is 12.8. The molecule has 3 aromatic rings. The summed E-state index contributed by atoms with van der Waals surface area (Å²) in [4.78, 5) is 18.2. The number of imidazole rings is 1. The molecule has 0 atom stereocenters. The molecule has 2 heterocycles. The van der Waals surface area contributed by atoms with Crippen molar-refractivity contribution >= 4 is 27.4 Å². The predicted molar refractivity (Wildman–Crippen MR) is 122 cm³/mol. The highest BCUT2D eigenvalue weighted by Crippen LogP contribution is 2.28. The van der Waals surface area contributed by atoms with E-state index >= 15 is 0 Å². The molecule has 1 fully saturated rings. The molecule has 168 valence electrons. The van der Waals surface area contributed by atoms with Crippen LogP contribution in [0, 0.1) is 6.92 Å². The van der Waals surface area contributed by atoms with Crippen LogP contribution in [-0.2, 0) is 10.0 Å². The molecule has 0 saturated carbocycles. The van der Waals surface area contributed by atoms with Crippen molar-refractivity contribution in [3.05, 3.63) is 60.7 Å². The normalized spacial score (nSPS) is 13.8. The zero-order chi connectivity index (χ0) is 22.7. The monoisotopic (exact) mass is 455 g/mol. The summed E-state index contributed by atoms with van der Waals surface area (Å²) in [5, 5.41) is 2.80. The second kappa shape index (κ2) is 8.91. The number of carbonyl (C=O) groups is 1. The topological polar surface area (TPSA) is 106 Å². The zero-order valence-electron chi connectivity index (χ0n) is 17.9. The smallest absolute Gasteiger partial charge is 0.321 e. The van der Waals surface area contributed by atoms with Gasteiger partial charge in [-0.15, -0.1) is 0 Å². The number of urea groups is 1. The van der Waals surface area contributed by atoms with E-state index in [0.717, 1.165) is 37.3 Å². The molecule has 1 aliphatic rings. The molecular weight excluding hydrogens is 430 g/mol. The van der Waals surface area contributed by atoms with Gasteiger partial charge in [0.25, 0.3) is 10.0 Å². The molecule has 9 nitrogen and oxygen atoms in total. The zero-order valence-corrected chi connectivity index (χ0v) is 18.7. The summed E-state index contributed by atoms with van der Waals surface area (Å²) in [5.41, 5.74) is 2.52. The standard InChI is InChI=1S/C22H25N5O4S/c1-16-14-27(15-23-16)20-10-7-18(13-21(20)31-2)25-32(29,30)19-8-5-17(6-9-19)24-22(28)26-11-3-4-12-26/h5-10,13-15,25H,3-4,11-12H2,1-2H3,(H,24,28). The van der Waals surface area contributed by atoms with E-state index in [-0.39, 0.29) is 10.9 Å². The molecule has 0 bridgehead atoms. The lowest BCUT2D eigenvalue weighted by Crippen LogP contribution is -2.32. The van der Waals surface area contributed by atoms with Gasteiger partial charge >= 0.3 is 6.03 Å². The van der Waals surface area contributed by atoms with Crippen molar-refractivity contribution in [1.29, 1.82) is 0 Å². The summed E-state index contributed by atoms with van der Waals surface area (Å²) in [6, 6.07) is 10.9. The molecule has 0 unspecified atom stereocenters. The van der Waals surface area contributed by atoms with Crippen LogP contribution in [-0.4, -0.2) is 49.1 Å². The van der Waals surface area contributed by atoms with Gasteiger partial charge in [0.2, 0.25) is 0 Å². The maximum absolute atomic E-state index is 12.8. The molecule has 0 spiro atoms. The average Bonchev–Trinajstić information content (AvgIpc) is 3.46. The summed E-state index contributed by atoms with van der Waals surface area (Å²) in [7, 11) is -2.30. The largest absolute Gasteiger partial charge is 0.494 e. The molecule has 2 N–H and O–H groups in total. The number of rotatable bonds is 6. The Morgan fingerprint density at radius 2 is 1.75 bits per heavy atom. The Morgan fingerprint density at radius 3 is 2.38 bits per heavy atom. The fraction of sp³-hybridized carbons (Fsp3) is 0.273. The fourth-order valence-electron chi connectivity index (χ4n) is 3.56. The third kappa shape index (κ3) is 4.70. The SMILES string of the molecule is COc1cc(NS(=O)(=O)c2ccc(NC(=O)N3CCCC3)cc2)ccc1-n1cnc(C)c1. The summed E-state index contributed by atoms with van der Waals surface area (Å²) < 4.78 is 35.5. The summed E-state index contributed by atoms with van der Waals surface area (Å²) in [6.45, 7) is 3.37. The molecule has 2 aromatic carbocycles. The van der Waals surface area contributed by atoms with Crippen LogP contribution < -0.4 is 14.8 Å². The van der Waals surface area contributed by atoms with E-state index in [0.29, 0.717) is 17.1 Å². The second-order valence-electron chi connectivity index (χ2n) is 7.56. The number of amides is 2. The highest BCUT2D eigenvalue weighted by molar-refractivity contribution is 7.92. The van der Waals surface area contributed by atoms with Crippen LogP contribution >= 0.6 is 0 Å². The molecule has 1 aromatic heterocycles. The van der Waals surface area contributed by atoms with Crippen LogP contribution in [0.15, 0.2) is 59.9 Å². The Labute approximate surface area is 187 Å². The number of hydrogen-bond donors (Lipinski definition) is 2. The second-order valence-corrected chi connectivity index (χ2v) is 9.25. The number of sulfonamides is 1. The van der Waals surface area contributed by atoms with Gasteiger partial charge in [0.05, 0.1) is 35.4 Å². The lowest BCUT2D eigenvalue weighted by atomic mass is 10.2. The number of nitrogens with one attached hydrogen (secondary N) is 2. The predicted octanol–water partition coefficient (Wildman–Crippen LogP) is 3.62. The van der Waals surface area contributed by atoms with E-state index in [2.05, 4.69) is 15.0 Å². The Kier molecular flexibility index (Phi) is 6.04. The van der Waals surface area contributed by atoms with Gasteiger partial charge in [-0.05, 0) is 56.2 Å². The van der Waals surface area contributed by atoms with Crippen molar-refractivity contribution in [3.63, 3.8) is 0 Å². The van der Waals surface area contributed by atoms with Crippen LogP contribution in [0.1, 0.15) is 18.5 Å². The molecular formula is C22H25N5O4S. The van der Waals surface area contributed by atoms with Gasteiger partial charge in [-0.1, -0.05) is 0 Å². The minimum Gasteiger partial charge on any atom is -0.494 e. The van der Waals surface area contributed by atoms with Gasteiger partial charge in [0, 0.05) is 31.0 Å². The van der Waals surface area contributed by atoms with E-state index in [9.17, 15) is 13.2 Å². The van der Waals surface area contributed by atoms with Crippen LogP contribution in [0.2, 0.25) is 0 Å². The van der Waals surface area contributed by atoms with E-state index < -0.39 is 10.0 Å². The minimum atomic E-state index is -3.82. The molecule has 1 aliphatic heterocycles. The molecule has 0 aliphatic carbocycles. The molecule has 32 heavy (non-hydrogen) atoms. The van der Waals surface area contributed by atoms with Gasteiger partial charge in [-0.3, -0.25) is 4.72 Å². The van der Waals surface area contributed by atoms with E-state index in [1.165, 1.54) is 19.2 Å². The van der Waals surface area contributed by atoms with Crippen LogP contribution in [0.3, 0.4) is 0 Å². The lowest BCUT2D eigenvalue weighted by molar-refractivity contribution is 0.222. The number of anilines is 2. The summed E-state index contributed by atoms with van der Waals surface area (Å²) >= 11 is 0. The van der Waals surface area contributed by atoms with Crippen LogP contribution in [0.4, 0.5) is 16.2 Å².